The van der Waals surface area contributed by atoms with E-state index in [1.165, 1.54) is 12.1 Å². The van der Waals surface area contributed by atoms with Gasteiger partial charge in [0.25, 0.3) is 0 Å². The molecule has 3 N–H and O–H groups in total. The monoisotopic (exact) mass is 330 g/mol. The third-order valence-electron chi connectivity index (χ3n) is 3.85. The number of halogens is 3. The molecule has 1 aromatic carbocycles. The second-order valence-corrected chi connectivity index (χ2v) is 5.52. The SMILES string of the molecule is O=C(Cc1ccc(C(F)(F)F)cc1)NC(=O)C1(CO)CCCN1. The van der Waals surface area contributed by atoms with Crippen molar-refractivity contribution >= 4 is 11.8 Å². The standard InChI is InChI=1S/C15H17F3N2O3/c16-15(17,18)11-4-2-10(3-5-11)8-12(22)20-13(23)14(9-21)6-1-7-19-14/h2-5,19,21H,1,6-9H2,(H,20,22,23). The summed E-state index contributed by atoms with van der Waals surface area (Å²) in [5.41, 5.74) is -1.59. The first-order valence-electron chi connectivity index (χ1n) is 7.13. The van der Waals surface area contributed by atoms with Gasteiger partial charge in [0.1, 0.15) is 5.54 Å². The van der Waals surface area contributed by atoms with Gasteiger partial charge in [-0.3, -0.25) is 14.9 Å². The molecule has 0 bridgehead atoms. The smallest absolute Gasteiger partial charge is 0.394 e. The van der Waals surface area contributed by atoms with Crippen LogP contribution in [-0.2, 0) is 22.2 Å². The molecular weight excluding hydrogens is 313 g/mol. The van der Waals surface area contributed by atoms with Gasteiger partial charge in [0.05, 0.1) is 18.6 Å². The minimum absolute atomic E-state index is 0.217. The quantitative estimate of drug-likeness (QED) is 0.770. The third kappa shape index (κ3) is 4.08. The summed E-state index contributed by atoms with van der Waals surface area (Å²) in [5, 5.41) is 14.4. The zero-order chi connectivity index (χ0) is 17.1. The summed E-state index contributed by atoms with van der Waals surface area (Å²) in [4.78, 5) is 23.9. The molecule has 0 spiro atoms. The number of hydrogen-bond donors (Lipinski definition) is 3. The number of carbonyl (C=O) groups is 2. The van der Waals surface area contributed by atoms with Crippen LogP contribution in [0.15, 0.2) is 24.3 Å². The molecule has 0 radical (unpaired) electrons. The van der Waals surface area contributed by atoms with Crippen molar-refractivity contribution < 1.29 is 27.9 Å². The molecule has 0 aliphatic carbocycles. The van der Waals surface area contributed by atoms with Crippen LogP contribution in [0.4, 0.5) is 13.2 Å². The van der Waals surface area contributed by atoms with Crippen LogP contribution in [0.2, 0.25) is 0 Å². The van der Waals surface area contributed by atoms with Crippen molar-refractivity contribution in [3.8, 4) is 0 Å². The van der Waals surface area contributed by atoms with Crippen LogP contribution < -0.4 is 10.6 Å². The first-order valence-corrected chi connectivity index (χ1v) is 7.13. The molecule has 0 aromatic heterocycles. The summed E-state index contributed by atoms with van der Waals surface area (Å²) < 4.78 is 37.4. The lowest BCUT2D eigenvalue weighted by molar-refractivity contribution is -0.137. The van der Waals surface area contributed by atoms with Crippen LogP contribution in [0.5, 0.6) is 0 Å². The summed E-state index contributed by atoms with van der Waals surface area (Å²) in [5.74, 6) is -1.24. The fourth-order valence-corrected chi connectivity index (χ4v) is 2.49. The van der Waals surface area contributed by atoms with E-state index in [2.05, 4.69) is 10.6 Å². The Labute approximate surface area is 130 Å². The van der Waals surface area contributed by atoms with E-state index in [1.807, 2.05) is 0 Å². The van der Waals surface area contributed by atoms with Gasteiger partial charge < -0.3 is 10.4 Å². The highest BCUT2D eigenvalue weighted by molar-refractivity contribution is 6.00. The maximum absolute atomic E-state index is 12.5. The van der Waals surface area contributed by atoms with E-state index in [0.29, 0.717) is 24.9 Å². The van der Waals surface area contributed by atoms with Crippen molar-refractivity contribution in [3.63, 3.8) is 0 Å². The molecule has 1 fully saturated rings. The topological polar surface area (TPSA) is 78.4 Å². The highest BCUT2D eigenvalue weighted by Gasteiger charge is 2.41. The highest BCUT2D eigenvalue weighted by Crippen LogP contribution is 2.29. The molecule has 1 unspecified atom stereocenters. The first kappa shape index (κ1) is 17.4. The lowest BCUT2D eigenvalue weighted by Crippen LogP contribution is -2.57. The molecule has 23 heavy (non-hydrogen) atoms. The molecule has 5 nitrogen and oxygen atoms in total. The Morgan fingerprint density at radius 1 is 1.26 bits per heavy atom. The largest absolute Gasteiger partial charge is 0.416 e. The Balaban J connectivity index is 1.95. The molecule has 1 heterocycles. The van der Waals surface area contributed by atoms with Crippen LogP contribution >= 0.6 is 0 Å². The van der Waals surface area contributed by atoms with E-state index in [4.69, 9.17) is 0 Å². The number of carbonyl (C=O) groups excluding carboxylic acids is 2. The van der Waals surface area contributed by atoms with Gasteiger partial charge in [-0.15, -0.1) is 0 Å². The van der Waals surface area contributed by atoms with Crippen LogP contribution in [0, 0.1) is 0 Å². The van der Waals surface area contributed by atoms with Crippen LogP contribution in [0.1, 0.15) is 24.0 Å². The normalized spacial score (nSPS) is 21.2. The van der Waals surface area contributed by atoms with Crippen molar-refractivity contribution in [3.05, 3.63) is 35.4 Å². The predicted molar refractivity (Wildman–Crippen MR) is 75.4 cm³/mol. The number of alkyl halides is 3. The molecule has 2 amide bonds. The Morgan fingerprint density at radius 3 is 2.39 bits per heavy atom. The Morgan fingerprint density at radius 2 is 1.91 bits per heavy atom. The zero-order valence-corrected chi connectivity index (χ0v) is 12.2. The highest BCUT2D eigenvalue weighted by atomic mass is 19.4. The van der Waals surface area contributed by atoms with Crippen molar-refractivity contribution in [2.45, 2.75) is 31.0 Å². The van der Waals surface area contributed by atoms with Gasteiger partial charge in [-0.25, -0.2) is 0 Å². The van der Waals surface area contributed by atoms with Gasteiger partial charge in [0.15, 0.2) is 0 Å². The Hall–Kier alpha value is -1.93. The van der Waals surface area contributed by atoms with E-state index >= 15 is 0 Å². The van der Waals surface area contributed by atoms with Gasteiger partial charge in [-0.05, 0) is 37.1 Å². The summed E-state index contributed by atoms with van der Waals surface area (Å²) >= 11 is 0. The first-order chi connectivity index (χ1) is 10.8. The number of aliphatic hydroxyl groups is 1. The van der Waals surface area contributed by atoms with Crippen LogP contribution in [0.3, 0.4) is 0 Å². The fourth-order valence-electron chi connectivity index (χ4n) is 2.49. The number of imide groups is 1. The van der Waals surface area contributed by atoms with Gasteiger partial charge >= 0.3 is 6.18 Å². The fraction of sp³-hybridized carbons (Fsp3) is 0.467. The number of rotatable bonds is 4. The molecule has 1 aliphatic rings. The van der Waals surface area contributed by atoms with Crippen molar-refractivity contribution in [1.29, 1.82) is 0 Å². The number of benzene rings is 1. The average Bonchev–Trinajstić information content (AvgIpc) is 2.97. The van der Waals surface area contributed by atoms with E-state index in [9.17, 15) is 27.9 Å². The van der Waals surface area contributed by atoms with E-state index in [-0.39, 0.29) is 6.42 Å². The molecule has 1 saturated heterocycles. The second kappa shape index (κ2) is 6.67. The van der Waals surface area contributed by atoms with Crippen LogP contribution in [0.25, 0.3) is 0 Å². The van der Waals surface area contributed by atoms with Crippen molar-refractivity contribution in [2.75, 3.05) is 13.2 Å². The predicted octanol–water partition coefficient (Wildman–Crippen LogP) is 1.01. The molecule has 126 valence electrons. The van der Waals surface area contributed by atoms with Crippen molar-refractivity contribution in [1.82, 2.24) is 10.6 Å². The van der Waals surface area contributed by atoms with Crippen molar-refractivity contribution in [2.24, 2.45) is 0 Å². The van der Waals surface area contributed by atoms with Gasteiger partial charge in [-0.2, -0.15) is 13.2 Å². The summed E-state index contributed by atoms with van der Waals surface area (Å²) in [6.45, 7) is 0.146. The summed E-state index contributed by atoms with van der Waals surface area (Å²) in [6, 6.07) is 4.17. The minimum atomic E-state index is -4.43. The molecule has 0 saturated carbocycles. The molecule has 8 heteroatoms. The van der Waals surface area contributed by atoms with E-state index in [0.717, 1.165) is 12.1 Å². The third-order valence-corrected chi connectivity index (χ3v) is 3.85. The van der Waals surface area contributed by atoms with Gasteiger partial charge in [0, 0.05) is 0 Å². The van der Waals surface area contributed by atoms with E-state index in [1.54, 1.807) is 0 Å². The lowest BCUT2D eigenvalue weighted by atomic mass is 9.97. The molecule has 1 aliphatic heterocycles. The molecule has 1 atom stereocenters. The van der Waals surface area contributed by atoms with Gasteiger partial charge in [-0.1, -0.05) is 12.1 Å². The molecule has 2 rings (SSSR count). The molecule has 1 aromatic rings. The average molecular weight is 330 g/mol. The second-order valence-electron chi connectivity index (χ2n) is 5.52. The van der Waals surface area contributed by atoms with Gasteiger partial charge in [0.2, 0.25) is 11.8 Å². The van der Waals surface area contributed by atoms with Crippen LogP contribution in [-0.4, -0.2) is 35.6 Å². The number of amides is 2. The minimum Gasteiger partial charge on any atom is -0.394 e. The maximum atomic E-state index is 12.5. The summed E-state index contributed by atoms with van der Waals surface area (Å²) in [7, 11) is 0. The summed E-state index contributed by atoms with van der Waals surface area (Å²) in [6.07, 6.45) is -3.52. The Bertz CT molecular complexity index is 579. The van der Waals surface area contributed by atoms with E-state index < -0.39 is 35.7 Å². The maximum Gasteiger partial charge on any atom is 0.416 e. The Kier molecular flexibility index (Phi) is 5.06. The number of hydrogen-bond acceptors (Lipinski definition) is 4. The lowest BCUT2D eigenvalue weighted by Gasteiger charge is -2.25. The molecular formula is C15H17F3N2O3. The zero-order valence-electron chi connectivity index (χ0n) is 12.2. The number of aliphatic hydroxyl groups excluding tert-OH is 1. The number of nitrogens with one attached hydrogen (secondary N) is 2.